The van der Waals surface area contributed by atoms with Gasteiger partial charge in [-0.25, -0.2) is 4.79 Å². The fourth-order valence-corrected chi connectivity index (χ4v) is 2.75. The van der Waals surface area contributed by atoms with Gasteiger partial charge in [-0.3, -0.25) is 14.9 Å². The first kappa shape index (κ1) is 20.1. The van der Waals surface area contributed by atoms with Crippen LogP contribution in [0.25, 0.3) is 0 Å². The van der Waals surface area contributed by atoms with Crippen molar-refractivity contribution in [2.45, 2.75) is 40.3 Å². The Morgan fingerprint density at radius 1 is 1.33 bits per heavy atom. The lowest BCUT2D eigenvalue weighted by Crippen LogP contribution is -2.30. The van der Waals surface area contributed by atoms with Crippen molar-refractivity contribution in [2.75, 3.05) is 5.32 Å². The van der Waals surface area contributed by atoms with E-state index in [9.17, 15) is 24.1 Å². The van der Waals surface area contributed by atoms with Gasteiger partial charge in [0.15, 0.2) is 6.10 Å². The Bertz CT molecular complexity index is 907. The lowest BCUT2D eigenvalue weighted by Gasteiger charge is -2.14. The number of nitro groups is 1. The number of benzene rings is 1. The molecule has 1 atom stereocenters. The van der Waals surface area contributed by atoms with E-state index in [4.69, 9.17) is 4.74 Å². The summed E-state index contributed by atoms with van der Waals surface area (Å²) < 4.78 is 20.5. The second-order valence-corrected chi connectivity index (χ2v) is 5.99. The highest BCUT2D eigenvalue weighted by Gasteiger charge is 2.23. The number of halogens is 1. The van der Waals surface area contributed by atoms with Gasteiger partial charge in [-0.05, 0) is 45.9 Å². The third kappa shape index (κ3) is 4.30. The molecule has 1 N–H and O–H groups in total. The fraction of sp³-hybridized carbons (Fsp3) is 0.333. The molecule has 8 nitrogen and oxygen atoms in total. The topological polar surface area (TPSA) is 103 Å². The molecule has 2 rings (SSSR count). The van der Waals surface area contributed by atoms with E-state index in [1.54, 1.807) is 13.0 Å². The van der Waals surface area contributed by atoms with E-state index in [1.165, 1.54) is 13.0 Å². The molecule has 144 valence electrons. The molecule has 0 aliphatic carbocycles. The lowest BCUT2D eigenvalue weighted by molar-refractivity contribution is -0.387. The predicted molar refractivity (Wildman–Crippen MR) is 96.1 cm³/mol. The smallest absolute Gasteiger partial charge is 0.340 e. The molecule has 0 bridgehead atoms. The zero-order chi connectivity index (χ0) is 20.3. The minimum Gasteiger partial charge on any atom is -0.449 e. The van der Waals surface area contributed by atoms with Gasteiger partial charge in [0.05, 0.1) is 10.5 Å². The Kier molecular flexibility index (Phi) is 5.94. The number of carbonyl (C=O) groups is 2. The zero-order valence-electron chi connectivity index (χ0n) is 15.4. The largest absolute Gasteiger partial charge is 0.449 e. The van der Waals surface area contributed by atoms with Gasteiger partial charge in [-0.2, -0.15) is 4.39 Å². The van der Waals surface area contributed by atoms with Crippen LogP contribution >= 0.6 is 0 Å². The number of nitrogens with one attached hydrogen (secondary N) is 1. The first-order valence-corrected chi connectivity index (χ1v) is 8.28. The predicted octanol–water partition coefficient (Wildman–Crippen LogP) is 3.36. The highest BCUT2D eigenvalue weighted by atomic mass is 19.1. The second kappa shape index (κ2) is 7.98. The summed E-state index contributed by atoms with van der Waals surface area (Å²) >= 11 is 0. The summed E-state index contributed by atoms with van der Waals surface area (Å²) in [4.78, 5) is 34.4. The minimum absolute atomic E-state index is 0.0279. The quantitative estimate of drug-likeness (QED) is 0.472. The van der Waals surface area contributed by atoms with Crippen LogP contribution in [0.15, 0.2) is 24.3 Å². The van der Waals surface area contributed by atoms with Crippen LogP contribution in [0.1, 0.15) is 35.6 Å². The molecule has 0 aliphatic heterocycles. The Labute approximate surface area is 155 Å². The average Bonchev–Trinajstić information content (AvgIpc) is 2.90. The Morgan fingerprint density at radius 2 is 2.00 bits per heavy atom. The van der Waals surface area contributed by atoms with Crippen molar-refractivity contribution in [1.82, 2.24) is 4.57 Å². The van der Waals surface area contributed by atoms with E-state index in [-0.39, 0.29) is 5.69 Å². The number of aryl methyl sites for hydroxylation is 1. The number of ether oxygens (including phenoxy) is 1. The lowest BCUT2D eigenvalue weighted by atomic mass is 10.2. The number of rotatable bonds is 6. The van der Waals surface area contributed by atoms with Crippen molar-refractivity contribution in [3.63, 3.8) is 0 Å². The highest BCUT2D eigenvalue weighted by Crippen LogP contribution is 2.22. The van der Waals surface area contributed by atoms with Crippen LogP contribution in [0.5, 0.6) is 0 Å². The Hall–Kier alpha value is -3.23. The Morgan fingerprint density at radius 3 is 2.56 bits per heavy atom. The number of nitro benzene ring substituents is 1. The molecule has 0 saturated heterocycles. The second-order valence-electron chi connectivity index (χ2n) is 5.99. The number of carbonyl (C=O) groups excluding carboxylic acids is 2. The van der Waals surface area contributed by atoms with E-state index < -0.39 is 34.4 Å². The first-order valence-electron chi connectivity index (χ1n) is 8.28. The van der Waals surface area contributed by atoms with Gasteiger partial charge in [0.25, 0.3) is 5.91 Å². The maximum atomic E-state index is 13.4. The summed E-state index contributed by atoms with van der Waals surface area (Å²) in [6.45, 7) is 7.68. The van der Waals surface area contributed by atoms with Crippen molar-refractivity contribution in [3.05, 3.63) is 57.1 Å². The molecule has 1 aromatic heterocycles. The zero-order valence-corrected chi connectivity index (χ0v) is 15.4. The van der Waals surface area contributed by atoms with Crippen molar-refractivity contribution in [3.8, 4) is 0 Å². The van der Waals surface area contributed by atoms with E-state index in [1.807, 2.05) is 18.4 Å². The normalized spacial score (nSPS) is 11.7. The highest BCUT2D eigenvalue weighted by molar-refractivity contribution is 5.98. The number of amides is 1. The average molecular weight is 377 g/mol. The maximum Gasteiger partial charge on any atom is 0.340 e. The van der Waals surface area contributed by atoms with Crippen molar-refractivity contribution >= 4 is 23.3 Å². The third-order valence-electron chi connectivity index (χ3n) is 4.17. The van der Waals surface area contributed by atoms with Crippen LogP contribution in [0.4, 0.5) is 15.8 Å². The SMILES string of the molecule is CCn1c(C)cc(C(=O)OC(C)C(=O)Nc2ccc(F)c([N+](=O)[O-])c2)c1C. The van der Waals surface area contributed by atoms with Gasteiger partial charge in [-0.1, -0.05) is 0 Å². The number of aromatic nitrogens is 1. The molecule has 9 heteroatoms. The minimum atomic E-state index is -1.15. The number of esters is 1. The van der Waals surface area contributed by atoms with Gasteiger partial charge >= 0.3 is 11.7 Å². The molecule has 0 aliphatic rings. The van der Waals surface area contributed by atoms with Gasteiger partial charge in [-0.15, -0.1) is 0 Å². The maximum absolute atomic E-state index is 13.4. The number of anilines is 1. The fourth-order valence-electron chi connectivity index (χ4n) is 2.75. The molecule has 2 aromatic rings. The van der Waals surface area contributed by atoms with Gasteiger partial charge < -0.3 is 14.6 Å². The molecule has 0 saturated carbocycles. The van der Waals surface area contributed by atoms with Gasteiger partial charge in [0.1, 0.15) is 0 Å². The van der Waals surface area contributed by atoms with Crippen LogP contribution in [0.2, 0.25) is 0 Å². The van der Waals surface area contributed by atoms with Gasteiger partial charge in [0.2, 0.25) is 5.82 Å². The standard InChI is InChI=1S/C18H20FN3O5/c1-5-21-10(2)8-14(11(21)3)18(24)27-12(4)17(23)20-13-6-7-15(19)16(9-13)22(25)26/h6-9,12H,5H2,1-4H3,(H,20,23). The van der Waals surface area contributed by atoms with Crippen LogP contribution in [-0.2, 0) is 16.1 Å². The van der Waals surface area contributed by atoms with Crippen LogP contribution < -0.4 is 5.32 Å². The number of hydrogen-bond donors (Lipinski definition) is 1. The molecule has 0 spiro atoms. The van der Waals surface area contributed by atoms with Crippen molar-refractivity contribution in [1.29, 1.82) is 0 Å². The Balaban J connectivity index is 2.09. The molecule has 1 unspecified atom stereocenters. The van der Waals surface area contributed by atoms with Crippen molar-refractivity contribution < 1.29 is 23.6 Å². The van der Waals surface area contributed by atoms with Crippen LogP contribution in [0, 0.1) is 29.8 Å². The van der Waals surface area contributed by atoms with E-state index in [0.29, 0.717) is 12.1 Å². The summed E-state index contributed by atoms with van der Waals surface area (Å²) in [6.07, 6.45) is -1.15. The summed E-state index contributed by atoms with van der Waals surface area (Å²) in [5.74, 6) is -2.34. The molecule has 0 radical (unpaired) electrons. The van der Waals surface area contributed by atoms with Gasteiger partial charge in [0, 0.05) is 29.7 Å². The van der Waals surface area contributed by atoms with E-state index >= 15 is 0 Å². The van der Waals surface area contributed by atoms with Crippen molar-refractivity contribution in [2.24, 2.45) is 0 Å². The summed E-state index contributed by atoms with van der Waals surface area (Å²) in [5, 5.41) is 13.1. The molecular formula is C18H20FN3O5. The molecule has 1 amide bonds. The molecular weight excluding hydrogens is 357 g/mol. The summed E-state index contributed by atoms with van der Waals surface area (Å²) in [6, 6.07) is 4.65. The first-order chi connectivity index (χ1) is 12.6. The van der Waals surface area contributed by atoms with E-state index in [0.717, 1.165) is 23.5 Å². The molecule has 27 heavy (non-hydrogen) atoms. The van der Waals surface area contributed by atoms with Crippen LogP contribution in [-0.4, -0.2) is 27.5 Å². The van der Waals surface area contributed by atoms with Crippen LogP contribution in [0.3, 0.4) is 0 Å². The molecule has 0 fully saturated rings. The molecule has 1 heterocycles. The van der Waals surface area contributed by atoms with E-state index in [2.05, 4.69) is 5.32 Å². The third-order valence-corrected chi connectivity index (χ3v) is 4.17. The summed E-state index contributed by atoms with van der Waals surface area (Å²) in [7, 11) is 0. The molecule has 1 aromatic carbocycles. The summed E-state index contributed by atoms with van der Waals surface area (Å²) in [5.41, 5.74) is 1.27. The number of hydrogen-bond acceptors (Lipinski definition) is 5. The monoisotopic (exact) mass is 377 g/mol. The number of nitrogens with zero attached hydrogens (tertiary/aromatic N) is 2.